The Balaban J connectivity index is 2.89. The van der Waals surface area contributed by atoms with Crippen LogP contribution in [0.1, 0.15) is 38.8 Å². The molecule has 5 nitrogen and oxygen atoms in total. The second-order valence-corrected chi connectivity index (χ2v) is 4.38. The van der Waals surface area contributed by atoms with Crippen LogP contribution >= 0.6 is 0 Å². The van der Waals surface area contributed by atoms with Gasteiger partial charge < -0.3 is 10.1 Å². The van der Waals surface area contributed by atoms with Crippen molar-refractivity contribution in [1.29, 1.82) is 0 Å². The van der Waals surface area contributed by atoms with E-state index in [0.29, 0.717) is 12.3 Å². The monoisotopic (exact) mass is 239 g/mol. The Morgan fingerprint density at radius 3 is 2.71 bits per heavy atom. The number of nitrogens with one attached hydrogen (secondary N) is 1. The Kier molecular flexibility index (Phi) is 4.54. The molecule has 0 saturated carbocycles. The van der Waals surface area contributed by atoms with E-state index in [9.17, 15) is 4.79 Å². The third-order valence-electron chi connectivity index (χ3n) is 2.63. The Labute approximate surface area is 102 Å². The fraction of sp³-hybridized carbons (Fsp3) is 0.667. The summed E-state index contributed by atoms with van der Waals surface area (Å²) < 4.78 is 6.51. The molecule has 96 valence electrons. The summed E-state index contributed by atoms with van der Waals surface area (Å²) in [6.07, 6.45) is 2.57. The summed E-state index contributed by atoms with van der Waals surface area (Å²) in [5.41, 5.74) is 1.87. The van der Waals surface area contributed by atoms with Gasteiger partial charge in [-0.05, 0) is 12.3 Å². The fourth-order valence-corrected chi connectivity index (χ4v) is 1.70. The average molecular weight is 239 g/mol. The van der Waals surface area contributed by atoms with Crippen LogP contribution in [0.25, 0.3) is 0 Å². The minimum atomic E-state index is -0.318. The van der Waals surface area contributed by atoms with E-state index in [1.165, 1.54) is 7.11 Å². The van der Waals surface area contributed by atoms with Crippen LogP contribution in [-0.4, -0.2) is 28.9 Å². The van der Waals surface area contributed by atoms with Crippen molar-refractivity contribution < 1.29 is 9.53 Å². The maximum Gasteiger partial charge on any atom is 0.328 e. The van der Waals surface area contributed by atoms with Gasteiger partial charge in [-0.3, -0.25) is 4.68 Å². The number of carbonyl (C=O) groups excluding carboxylic acids is 1. The normalized spacial score (nSPS) is 12.6. The van der Waals surface area contributed by atoms with Crippen LogP contribution in [0.2, 0.25) is 0 Å². The van der Waals surface area contributed by atoms with Crippen LogP contribution in [-0.2, 0) is 16.6 Å². The number of aryl methyl sites for hydroxylation is 1. The van der Waals surface area contributed by atoms with Crippen LogP contribution in [0.3, 0.4) is 0 Å². The number of methoxy groups -OCH3 is 1. The Morgan fingerprint density at radius 2 is 2.24 bits per heavy atom. The zero-order valence-corrected chi connectivity index (χ0v) is 11.2. The van der Waals surface area contributed by atoms with Gasteiger partial charge in [0, 0.05) is 13.2 Å². The van der Waals surface area contributed by atoms with Crippen LogP contribution in [0, 0.1) is 0 Å². The molecule has 1 N–H and O–H groups in total. The summed E-state index contributed by atoms with van der Waals surface area (Å²) in [6.45, 7) is 6.10. The number of hydrogen-bond donors (Lipinski definition) is 1. The van der Waals surface area contributed by atoms with E-state index in [0.717, 1.165) is 11.4 Å². The lowest BCUT2D eigenvalue weighted by Gasteiger charge is -2.16. The number of ether oxygens (including phenoxy) is 1. The highest BCUT2D eigenvalue weighted by Crippen LogP contribution is 2.23. The average Bonchev–Trinajstić information content (AvgIpc) is 2.66. The molecule has 0 amide bonds. The number of esters is 1. The molecule has 5 heteroatoms. The molecule has 0 bridgehead atoms. The van der Waals surface area contributed by atoms with Gasteiger partial charge in [-0.1, -0.05) is 20.8 Å². The smallest absolute Gasteiger partial charge is 0.328 e. The second-order valence-electron chi connectivity index (χ2n) is 4.38. The number of nitrogens with zero attached hydrogens (tertiary/aromatic N) is 2. The topological polar surface area (TPSA) is 56.2 Å². The summed E-state index contributed by atoms with van der Waals surface area (Å²) >= 11 is 0. The van der Waals surface area contributed by atoms with Gasteiger partial charge in [0.2, 0.25) is 0 Å². The van der Waals surface area contributed by atoms with E-state index in [2.05, 4.69) is 24.3 Å². The Bertz CT molecular complexity index is 385. The van der Waals surface area contributed by atoms with Crippen molar-refractivity contribution in [2.45, 2.75) is 39.2 Å². The molecule has 0 saturated heterocycles. The van der Waals surface area contributed by atoms with Gasteiger partial charge in [-0.2, -0.15) is 5.10 Å². The molecule has 1 unspecified atom stereocenters. The van der Waals surface area contributed by atoms with Crippen molar-refractivity contribution in [3.8, 4) is 0 Å². The van der Waals surface area contributed by atoms with Crippen LogP contribution in [0.5, 0.6) is 0 Å². The fourth-order valence-electron chi connectivity index (χ4n) is 1.70. The van der Waals surface area contributed by atoms with Crippen molar-refractivity contribution in [3.63, 3.8) is 0 Å². The molecule has 17 heavy (non-hydrogen) atoms. The van der Waals surface area contributed by atoms with Crippen molar-refractivity contribution in [2.24, 2.45) is 7.05 Å². The van der Waals surface area contributed by atoms with Gasteiger partial charge in [-0.25, -0.2) is 4.79 Å². The molecule has 0 aliphatic carbocycles. The third-order valence-corrected chi connectivity index (χ3v) is 2.63. The molecule has 0 aromatic carbocycles. The predicted molar refractivity (Wildman–Crippen MR) is 67.0 cm³/mol. The van der Waals surface area contributed by atoms with Gasteiger partial charge in [0.05, 0.1) is 18.5 Å². The van der Waals surface area contributed by atoms with E-state index in [4.69, 9.17) is 4.74 Å². The molecular formula is C12H21N3O2. The van der Waals surface area contributed by atoms with Crippen molar-refractivity contribution in [2.75, 3.05) is 12.4 Å². The van der Waals surface area contributed by atoms with Crippen LogP contribution < -0.4 is 5.32 Å². The number of hydrogen-bond acceptors (Lipinski definition) is 4. The Hall–Kier alpha value is -1.52. The number of rotatable bonds is 5. The minimum absolute atomic E-state index is 0.244. The van der Waals surface area contributed by atoms with Crippen molar-refractivity contribution in [3.05, 3.63) is 11.9 Å². The minimum Gasteiger partial charge on any atom is -0.467 e. The first kappa shape index (κ1) is 13.5. The van der Waals surface area contributed by atoms with Crippen molar-refractivity contribution in [1.82, 2.24) is 9.78 Å². The molecule has 1 aromatic rings. The zero-order chi connectivity index (χ0) is 13.0. The van der Waals surface area contributed by atoms with E-state index in [-0.39, 0.29) is 12.0 Å². The number of aromatic nitrogens is 2. The molecule has 1 atom stereocenters. The second kappa shape index (κ2) is 5.70. The first-order chi connectivity index (χ1) is 7.99. The number of carbonyl (C=O) groups is 1. The predicted octanol–water partition coefficient (Wildman–Crippen LogP) is 1.91. The summed E-state index contributed by atoms with van der Waals surface area (Å²) in [5, 5.41) is 7.58. The van der Waals surface area contributed by atoms with E-state index in [1.54, 1.807) is 4.68 Å². The zero-order valence-electron chi connectivity index (χ0n) is 11.2. The maximum absolute atomic E-state index is 11.5. The molecule has 1 aromatic heterocycles. The Morgan fingerprint density at radius 1 is 1.59 bits per heavy atom. The van der Waals surface area contributed by atoms with Gasteiger partial charge in [0.1, 0.15) is 6.04 Å². The van der Waals surface area contributed by atoms with E-state index in [1.807, 2.05) is 20.2 Å². The van der Waals surface area contributed by atoms with E-state index < -0.39 is 0 Å². The van der Waals surface area contributed by atoms with Gasteiger partial charge in [0.25, 0.3) is 0 Å². The van der Waals surface area contributed by atoms with Gasteiger partial charge >= 0.3 is 5.97 Å². The third kappa shape index (κ3) is 3.22. The highest BCUT2D eigenvalue weighted by atomic mass is 16.5. The SMILES string of the molecule is CCC(Nc1cn(C)nc1C(C)C)C(=O)OC. The summed E-state index contributed by atoms with van der Waals surface area (Å²) in [4.78, 5) is 11.5. The highest BCUT2D eigenvalue weighted by molar-refractivity contribution is 5.79. The molecule has 1 heterocycles. The van der Waals surface area contributed by atoms with Crippen LogP contribution in [0.4, 0.5) is 5.69 Å². The van der Waals surface area contributed by atoms with Crippen LogP contribution in [0.15, 0.2) is 6.20 Å². The van der Waals surface area contributed by atoms with Gasteiger partial charge in [0.15, 0.2) is 0 Å². The quantitative estimate of drug-likeness (QED) is 0.797. The molecule has 0 spiro atoms. The maximum atomic E-state index is 11.5. The molecule has 0 aliphatic heterocycles. The summed E-state index contributed by atoms with van der Waals surface area (Å²) in [6, 6.07) is -0.318. The van der Waals surface area contributed by atoms with E-state index >= 15 is 0 Å². The summed E-state index contributed by atoms with van der Waals surface area (Å²) in [5.74, 6) is 0.0694. The molecular weight excluding hydrogens is 218 g/mol. The molecule has 0 radical (unpaired) electrons. The lowest BCUT2D eigenvalue weighted by molar-refractivity contribution is -0.141. The largest absolute Gasteiger partial charge is 0.467 e. The first-order valence-corrected chi connectivity index (χ1v) is 5.87. The molecule has 1 rings (SSSR count). The lowest BCUT2D eigenvalue weighted by atomic mass is 10.1. The molecule has 0 aliphatic rings. The highest BCUT2D eigenvalue weighted by Gasteiger charge is 2.20. The first-order valence-electron chi connectivity index (χ1n) is 5.87. The van der Waals surface area contributed by atoms with Gasteiger partial charge in [-0.15, -0.1) is 0 Å². The lowest BCUT2D eigenvalue weighted by Crippen LogP contribution is -2.30. The standard InChI is InChI=1S/C12H21N3O2/c1-6-9(12(16)17-5)13-10-7-15(4)14-11(10)8(2)3/h7-9,13H,6H2,1-5H3. The van der Waals surface area contributed by atoms with Crippen molar-refractivity contribution >= 4 is 11.7 Å². The molecule has 0 fully saturated rings. The summed E-state index contributed by atoms with van der Waals surface area (Å²) in [7, 11) is 3.27. The number of anilines is 1.